The second kappa shape index (κ2) is 8.99. The van der Waals surface area contributed by atoms with Crippen LogP contribution >= 0.6 is 0 Å². The molecular formula is C32H25N3O. The summed E-state index contributed by atoms with van der Waals surface area (Å²) in [6, 6.07) is 31.8. The Morgan fingerprint density at radius 2 is 1.47 bits per heavy atom. The number of benzene rings is 3. The van der Waals surface area contributed by atoms with Crippen LogP contribution in [-0.2, 0) is 0 Å². The number of carbonyl (C=O) groups is 1. The van der Waals surface area contributed by atoms with Crippen LogP contribution in [-0.4, -0.2) is 16.7 Å². The van der Waals surface area contributed by atoms with Crippen molar-refractivity contribution in [2.24, 2.45) is 11.8 Å². The number of hydrogen-bond donors (Lipinski definition) is 0. The lowest BCUT2D eigenvalue weighted by Gasteiger charge is -2.35. The molecule has 36 heavy (non-hydrogen) atoms. The molecule has 6 rings (SSSR count). The first kappa shape index (κ1) is 22.1. The van der Waals surface area contributed by atoms with E-state index < -0.39 is 6.04 Å². The standard InChI is InChI=1S/C32H25N3O/c33-19-25(20-34)27(23-15-16-23)29-28(22-10-3-1-4-11-22)31(32(36)24-12-5-2-6-13-24)35-18-17-21-9-7-8-14-26(21)30(29)35/h1-14,17-18,23,28-31H,15-16H2/t28-,29+,30-,31+/m0/s1. The molecule has 3 aliphatic rings. The first-order valence-electron chi connectivity index (χ1n) is 12.5. The van der Waals surface area contributed by atoms with Gasteiger partial charge in [-0.15, -0.1) is 0 Å². The average Bonchev–Trinajstić information content (AvgIpc) is 3.72. The number of ketones is 1. The number of hydrogen-bond acceptors (Lipinski definition) is 4. The molecule has 0 bridgehead atoms. The largest absolute Gasteiger partial charge is 0.359 e. The third-order valence-corrected chi connectivity index (χ3v) is 7.85. The van der Waals surface area contributed by atoms with Crippen LogP contribution in [0.5, 0.6) is 0 Å². The lowest BCUT2D eigenvalue weighted by atomic mass is 9.72. The Morgan fingerprint density at radius 3 is 2.14 bits per heavy atom. The topological polar surface area (TPSA) is 67.9 Å². The van der Waals surface area contributed by atoms with Crippen LogP contribution in [0.4, 0.5) is 0 Å². The Hall–Kier alpha value is -4.41. The van der Waals surface area contributed by atoms with Crippen LogP contribution in [0.3, 0.4) is 0 Å². The molecule has 2 heterocycles. The summed E-state index contributed by atoms with van der Waals surface area (Å²) in [6.07, 6.45) is 6.08. The van der Waals surface area contributed by atoms with Crippen molar-refractivity contribution in [2.75, 3.05) is 0 Å². The van der Waals surface area contributed by atoms with E-state index in [1.807, 2.05) is 60.7 Å². The minimum Gasteiger partial charge on any atom is -0.359 e. The molecule has 4 heteroatoms. The van der Waals surface area contributed by atoms with Crippen molar-refractivity contribution in [3.05, 3.63) is 125 Å². The van der Waals surface area contributed by atoms with Gasteiger partial charge in [0.1, 0.15) is 17.7 Å². The molecule has 3 aromatic carbocycles. The van der Waals surface area contributed by atoms with Gasteiger partial charge < -0.3 is 4.90 Å². The van der Waals surface area contributed by atoms with Crippen LogP contribution in [0.15, 0.2) is 102 Å². The summed E-state index contributed by atoms with van der Waals surface area (Å²) >= 11 is 0. The summed E-state index contributed by atoms with van der Waals surface area (Å²) in [4.78, 5) is 16.4. The fraction of sp³-hybridized carbons (Fsp3) is 0.219. The number of nitrogens with zero attached hydrogens (tertiary/aromatic N) is 3. The summed E-state index contributed by atoms with van der Waals surface area (Å²) < 4.78 is 0. The molecule has 0 amide bonds. The molecule has 1 saturated carbocycles. The summed E-state index contributed by atoms with van der Waals surface area (Å²) in [5.41, 5.74) is 5.13. The minimum absolute atomic E-state index is 0.0617. The van der Waals surface area contributed by atoms with Crippen molar-refractivity contribution < 1.29 is 4.79 Å². The van der Waals surface area contributed by atoms with Gasteiger partial charge in [-0.25, -0.2) is 0 Å². The molecule has 174 valence electrons. The Kier molecular flexibility index (Phi) is 5.51. The third-order valence-electron chi connectivity index (χ3n) is 7.85. The highest BCUT2D eigenvalue weighted by atomic mass is 16.1. The van der Waals surface area contributed by atoms with E-state index in [1.165, 1.54) is 0 Å². The van der Waals surface area contributed by atoms with Crippen molar-refractivity contribution in [1.29, 1.82) is 10.5 Å². The normalized spacial score (nSPS) is 23.7. The molecule has 0 N–H and O–H groups in total. The number of rotatable bonds is 5. The first-order valence-corrected chi connectivity index (χ1v) is 12.5. The molecule has 3 aromatic rings. The predicted molar refractivity (Wildman–Crippen MR) is 138 cm³/mol. The van der Waals surface area contributed by atoms with E-state index in [9.17, 15) is 15.3 Å². The zero-order chi connectivity index (χ0) is 24.6. The molecule has 4 atom stereocenters. The second-order valence-corrected chi connectivity index (χ2v) is 9.80. The zero-order valence-electron chi connectivity index (χ0n) is 19.8. The lowest BCUT2D eigenvalue weighted by Crippen LogP contribution is -2.37. The Balaban J connectivity index is 1.63. The van der Waals surface area contributed by atoms with Gasteiger partial charge in [-0.2, -0.15) is 10.5 Å². The van der Waals surface area contributed by atoms with E-state index in [-0.39, 0.29) is 35.2 Å². The van der Waals surface area contributed by atoms with Crippen LogP contribution in [0.25, 0.3) is 6.08 Å². The van der Waals surface area contributed by atoms with Crippen molar-refractivity contribution >= 4 is 11.9 Å². The van der Waals surface area contributed by atoms with E-state index in [0.717, 1.165) is 35.1 Å². The fourth-order valence-corrected chi connectivity index (χ4v) is 6.27. The van der Waals surface area contributed by atoms with Gasteiger partial charge in [-0.3, -0.25) is 4.79 Å². The predicted octanol–water partition coefficient (Wildman–Crippen LogP) is 6.43. The molecule has 0 radical (unpaired) electrons. The quantitative estimate of drug-likeness (QED) is 0.320. The van der Waals surface area contributed by atoms with Crippen LogP contribution < -0.4 is 0 Å². The maximum absolute atomic E-state index is 14.2. The number of nitriles is 2. The van der Waals surface area contributed by atoms with Gasteiger partial charge in [0.25, 0.3) is 0 Å². The van der Waals surface area contributed by atoms with Gasteiger partial charge >= 0.3 is 0 Å². The molecule has 2 fully saturated rings. The Bertz CT molecular complexity index is 1440. The molecule has 0 aromatic heterocycles. The van der Waals surface area contributed by atoms with Gasteiger partial charge in [0.15, 0.2) is 5.78 Å². The molecule has 1 saturated heterocycles. The number of allylic oxidation sites excluding steroid dienone is 1. The number of fused-ring (bicyclic) bond motifs is 3. The van der Waals surface area contributed by atoms with Crippen LogP contribution in [0, 0.1) is 34.5 Å². The minimum atomic E-state index is -0.457. The van der Waals surface area contributed by atoms with E-state index in [2.05, 4.69) is 53.6 Å². The van der Waals surface area contributed by atoms with Crippen LogP contribution in [0.1, 0.15) is 51.8 Å². The van der Waals surface area contributed by atoms with Gasteiger partial charge in [0, 0.05) is 23.6 Å². The Morgan fingerprint density at radius 1 is 0.833 bits per heavy atom. The van der Waals surface area contributed by atoms with Gasteiger partial charge in [-0.1, -0.05) is 84.9 Å². The maximum Gasteiger partial charge on any atom is 0.185 e. The molecule has 0 unspecified atom stereocenters. The lowest BCUT2D eigenvalue weighted by molar-refractivity contribution is 0.0874. The average molecular weight is 468 g/mol. The summed E-state index contributed by atoms with van der Waals surface area (Å²) in [5, 5.41) is 20.0. The second-order valence-electron chi connectivity index (χ2n) is 9.80. The highest BCUT2D eigenvalue weighted by Crippen LogP contribution is 2.59. The molecular weight excluding hydrogens is 442 g/mol. The van der Waals surface area contributed by atoms with Gasteiger partial charge in [0.05, 0.1) is 12.1 Å². The highest BCUT2D eigenvalue weighted by Gasteiger charge is 2.56. The maximum atomic E-state index is 14.2. The van der Waals surface area contributed by atoms with Gasteiger partial charge in [0.2, 0.25) is 0 Å². The fourth-order valence-electron chi connectivity index (χ4n) is 6.27. The number of Topliss-reactive ketones (excluding diaryl/α,β-unsaturated/α-hetero) is 1. The number of carbonyl (C=O) groups excluding carboxylic acids is 1. The smallest absolute Gasteiger partial charge is 0.185 e. The highest BCUT2D eigenvalue weighted by molar-refractivity contribution is 6.01. The molecule has 0 spiro atoms. The SMILES string of the molecule is N#CC(C#N)=C(C1CC1)[C@@H]1[C@H](c2ccccc2)[C@H](C(=O)c2ccccc2)N2C=Cc3ccccc3[C@@H]12. The third kappa shape index (κ3) is 3.55. The van der Waals surface area contributed by atoms with Crippen molar-refractivity contribution in [3.8, 4) is 12.1 Å². The van der Waals surface area contributed by atoms with E-state index in [1.54, 1.807) is 0 Å². The monoisotopic (exact) mass is 467 g/mol. The Labute approximate surface area is 211 Å². The van der Waals surface area contributed by atoms with Crippen molar-refractivity contribution in [3.63, 3.8) is 0 Å². The summed E-state index contributed by atoms with van der Waals surface area (Å²) in [5.74, 6) is -0.0995. The zero-order valence-corrected chi connectivity index (χ0v) is 19.8. The van der Waals surface area contributed by atoms with Gasteiger partial charge in [-0.05, 0) is 47.1 Å². The van der Waals surface area contributed by atoms with E-state index >= 15 is 0 Å². The summed E-state index contributed by atoms with van der Waals surface area (Å²) in [7, 11) is 0. The summed E-state index contributed by atoms with van der Waals surface area (Å²) in [6.45, 7) is 0. The van der Waals surface area contributed by atoms with E-state index in [4.69, 9.17) is 0 Å². The van der Waals surface area contributed by atoms with Crippen LogP contribution in [0.2, 0.25) is 0 Å². The first-order chi connectivity index (χ1) is 17.7. The van der Waals surface area contributed by atoms with Crippen molar-refractivity contribution in [2.45, 2.75) is 30.8 Å². The van der Waals surface area contributed by atoms with E-state index in [0.29, 0.717) is 5.56 Å². The molecule has 4 nitrogen and oxygen atoms in total. The molecule has 1 aliphatic carbocycles. The molecule has 2 aliphatic heterocycles. The van der Waals surface area contributed by atoms with Crippen molar-refractivity contribution in [1.82, 2.24) is 4.90 Å².